The van der Waals surface area contributed by atoms with Crippen LogP contribution in [0.1, 0.15) is 17.1 Å². The lowest BCUT2D eigenvalue weighted by molar-refractivity contribution is 0.277. The lowest BCUT2D eigenvalue weighted by atomic mass is 10.2. The molecule has 144 valence electrons. The van der Waals surface area contributed by atoms with Gasteiger partial charge >= 0.3 is 0 Å². The zero-order chi connectivity index (χ0) is 20.1. The van der Waals surface area contributed by atoms with Crippen molar-refractivity contribution in [2.45, 2.75) is 13.5 Å². The van der Waals surface area contributed by atoms with Crippen LogP contribution in [-0.2, 0) is 6.54 Å². The van der Waals surface area contributed by atoms with E-state index in [0.29, 0.717) is 47.5 Å². The van der Waals surface area contributed by atoms with E-state index in [-0.39, 0.29) is 0 Å². The lowest BCUT2D eigenvalue weighted by Gasteiger charge is -2.08. The number of aryl methyl sites for hydroxylation is 1. The van der Waals surface area contributed by atoms with Crippen LogP contribution >= 0.6 is 0 Å². The molecule has 0 aliphatic rings. The summed E-state index contributed by atoms with van der Waals surface area (Å²) in [4.78, 5) is 13.3. The normalized spacial score (nSPS) is 10.4. The fourth-order valence-electron chi connectivity index (χ4n) is 2.62. The van der Waals surface area contributed by atoms with Crippen LogP contribution in [0.15, 0.2) is 42.6 Å². The minimum absolute atomic E-state index is 0.315. The van der Waals surface area contributed by atoms with Crippen molar-refractivity contribution in [3.05, 3.63) is 59.7 Å². The first-order valence-corrected chi connectivity index (χ1v) is 8.88. The van der Waals surface area contributed by atoms with E-state index < -0.39 is 0 Å². The van der Waals surface area contributed by atoms with Crippen molar-refractivity contribution in [3.63, 3.8) is 0 Å². The molecule has 0 amide bonds. The molecule has 9 nitrogen and oxygen atoms in total. The predicted molar refractivity (Wildman–Crippen MR) is 104 cm³/mol. The second-order valence-electron chi connectivity index (χ2n) is 5.97. The Morgan fingerprint density at radius 3 is 2.79 bits per heavy atom. The van der Waals surface area contributed by atoms with E-state index in [1.54, 1.807) is 24.1 Å². The van der Waals surface area contributed by atoms with Crippen LogP contribution in [0, 0.1) is 18.8 Å². The number of fused-ring (bicyclic) bond motifs is 1. The highest BCUT2D eigenvalue weighted by Crippen LogP contribution is 2.19. The molecule has 0 saturated carbocycles. The summed E-state index contributed by atoms with van der Waals surface area (Å²) in [5, 5.41) is 11.4. The van der Waals surface area contributed by atoms with E-state index in [0.717, 1.165) is 5.56 Å². The summed E-state index contributed by atoms with van der Waals surface area (Å²) >= 11 is 0. The Bertz CT molecular complexity index is 1210. The van der Waals surface area contributed by atoms with Crippen LogP contribution in [0.25, 0.3) is 11.2 Å². The SMILES string of the molecule is COc1ccccc1C#Cc1nc2ncccc2nc1OCCn1nnnc1C. The van der Waals surface area contributed by atoms with Gasteiger partial charge in [0.05, 0.1) is 19.2 Å². The largest absolute Gasteiger partial charge is 0.495 e. The Morgan fingerprint density at radius 1 is 1.07 bits per heavy atom. The summed E-state index contributed by atoms with van der Waals surface area (Å²) < 4.78 is 12.9. The van der Waals surface area contributed by atoms with E-state index in [9.17, 15) is 0 Å². The highest BCUT2D eigenvalue weighted by molar-refractivity contribution is 5.71. The maximum Gasteiger partial charge on any atom is 0.249 e. The molecule has 0 N–H and O–H groups in total. The van der Waals surface area contributed by atoms with Gasteiger partial charge in [-0.05, 0) is 47.5 Å². The summed E-state index contributed by atoms with van der Waals surface area (Å²) in [5.41, 5.74) is 2.27. The van der Waals surface area contributed by atoms with Crippen LogP contribution in [0.2, 0.25) is 0 Å². The third kappa shape index (κ3) is 4.11. The van der Waals surface area contributed by atoms with Gasteiger partial charge in [0.1, 0.15) is 23.7 Å². The molecule has 4 rings (SSSR count). The number of pyridine rings is 1. The van der Waals surface area contributed by atoms with Gasteiger partial charge in [0.15, 0.2) is 11.3 Å². The Balaban J connectivity index is 1.65. The van der Waals surface area contributed by atoms with Crippen molar-refractivity contribution < 1.29 is 9.47 Å². The number of aromatic nitrogens is 7. The minimum Gasteiger partial charge on any atom is -0.495 e. The monoisotopic (exact) mass is 387 g/mol. The van der Waals surface area contributed by atoms with Crippen molar-refractivity contribution in [1.29, 1.82) is 0 Å². The first-order chi connectivity index (χ1) is 14.2. The summed E-state index contributed by atoms with van der Waals surface area (Å²) in [6, 6.07) is 11.1. The molecule has 0 unspecified atom stereocenters. The minimum atomic E-state index is 0.315. The number of hydrogen-bond acceptors (Lipinski definition) is 8. The topological polar surface area (TPSA) is 101 Å². The lowest BCUT2D eigenvalue weighted by Crippen LogP contribution is -2.12. The molecule has 0 spiro atoms. The molecular weight excluding hydrogens is 370 g/mol. The van der Waals surface area contributed by atoms with Crippen molar-refractivity contribution >= 4 is 11.2 Å². The van der Waals surface area contributed by atoms with Gasteiger partial charge in [-0.1, -0.05) is 18.1 Å². The summed E-state index contributed by atoms with van der Waals surface area (Å²) in [7, 11) is 1.61. The van der Waals surface area contributed by atoms with E-state index in [4.69, 9.17) is 9.47 Å². The third-order valence-electron chi connectivity index (χ3n) is 4.08. The predicted octanol–water partition coefficient (Wildman–Crippen LogP) is 1.81. The first kappa shape index (κ1) is 18.3. The third-order valence-corrected chi connectivity index (χ3v) is 4.08. The summed E-state index contributed by atoms with van der Waals surface area (Å²) in [6.07, 6.45) is 1.66. The Labute approximate surface area is 166 Å². The molecule has 3 heterocycles. The van der Waals surface area contributed by atoms with E-state index >= 15 is 0 Å². The van der Waals surface area contributed by atoms with Crippen LogP contribution in [0.4, 0.5) is 0 Å². The van der Waals surface area contributed by atoms with Crippen LogP contribution < -0.4 is 9.47 Å². The molecule has 4 aromatic rings. The van der Waals surface area contributed by atoms with Crippen molar-refractivity contribution in [2.75, 3.05) is 13.7 Å². The van der Waals surface area contributed by atoms with Crippen LogP contribution in [0.5, 0.6) is 11.6 Å². The van der Waals surface area contributed by atoms with Gasteiger partial charge in [0.25, 0.3) is 0 Å². The molecule has 0 aliphatic heterocycles. The van der Waals surface area contributed by atoms with Gasteiger partial charge in [-0.3, -0.25) is 0 Å². The molecule has 0 saturated heterocycles. The Morgan fingerprint density at radius 2 is 1.97 bits per heavy atom. The zero-order valence-electron chi connectivity index (χ0n) is 15.9. The highest BCUT2D eigenvalue weighted by Gasteiger charge is 2.10. The van der Waals surface area contributed by atoms with Gasteiger partial charge in [0.2, 0.25) is 5.88 Å². The highest BCUT2D eigenvalue weighted by atomic mass is 16.5. The average molecular weight is 387 g/mol. The fourth-order valence-corrected chi connectivity index (χ4v) is 2.62. The van der Waals surface area contributed by atoms with E-state index in [2.05, 4.69) is 42.3 Å². The second kappa shape index (κ2) is 8.31. The molecule has 0 fully saturated rings. The van der Waals surface area contributed by atoms with Gasteiger partial charge in [-0.2, -0.15) is 0 Å². The smallest absolute Gasteiger partial charge is 0.249 e. The van der Waals surface area contributed by atoms with Gasteiger partial charge < -0.3 is 9.47 Å². The zero-order valence-corrected chi connectivity index (χ0v) is 15.9. The molecule has 9 heteroatoms. The molecular formula is C20H17N7O2. The van der Waals surface area contributed by atoms with E-state index in [1.807, 2.05) is 37.3 Å². The first-order valence-electron chi connectivity index (χ1n) is 8.88. The second-order valence-corrected chi connectivity index (χ2v) is 5.97. The van der Waals surface area contributed by atoms with Gasteiger partial charge in [-0.15, -0.1) is 5.10 Å². The van der Waals surface area contributed by atoms with Crippen molar-refractivity contribution in [2.24, 2.45) is 0 Å². The Kier molecular flexibility index (Phi) is 5.25. The number of para-hydroxylation sites is 1. The number of hydrogen-bond donors (Lipinski definition) is 0. The fraction of sp³-hybridized carbons (Fsp3) is 0.200. The standard InChI is InChI=1S/C20H17N7O2/c1-14-24-25-26-27(14)12-13-29-20-17(22-19-16(23-20)7-5-11-21-19)10-9-15-6-3-4-8-18(15)28-2/h3-8,11H,12-13H2,1-2H3. The van der Waals surface area contributed by atoms with Gasteiger partial charge in [-0.25, -0.2) is 19.6 Å². The van der Waals surface area contributed by atoms with Crippen LogP contribution in [-0.4, -0.2) is 48.9 Å². The number of nitrogens with zero attached hydrogens (tertiary/aromatic N) is 7. The van der Waals surface area contributed by atoms with E-state index in [1.165, 1.54) is 0 Å². The molecule has 1 aromatic carbocycles. The maximum atomic E-state index is 5.87. The number of tetrazole rings is 1. The number of benzene rings is 1. The number of ether oxygens (including phenoxy) is 2. The quantitative estimate of drug-likeness (QED) is 0.478. The molecule has 3 aromatic heterocycles. The molecule has 0 bridgehead atoms. The number of rotatable bonds is 5. The van der Waals surface area contributed by atoms with Crippen molar-refractivity contribution in [3.8, 4) is 23.5 Å². The maximum absolute atomic E-state index is 5.87. The molecule has 0 atom stereocenters. The average Bonchev–Trinajstić information content (AvgIpc) is 3.17. The van der Waals surface area contributed by atoms with Crippen molar-refractivity contribution in [1.82, 2.24) is 35.2 Å². The molecule has 0 aliphatic carbocycles. The van der Waals surface area contributed by atoms with Gasteiger partial charge in [0, 0.05) is 6.20 Å². The summed E-state index contributed by atoms with van der Waals surface area (Å²) in [5.74, 6) is 7.83. The summed E-state index contributed by atoms with van der Waals surface area (Å²) in [6.45, 7) is 2.62. The Hall–Kier alpha value is -4.06. The molecule has 0 radical (unpaired) electrons. The van der Waals surface area contributed by atoms with Crippen LogP contribution in [0.3, 0.4) is 0 Å². The molecule has 29 heavy (non-hydrogen) atoms. The number of methoxy groups -OCH3 is 1.